The Bertz CT molecular complexity index is 353. The van der Waals surface area contributed by atoms with Gasteiger partial charge in [0.1, 0.15) is 6.04 Å². The molecule has 0 spiro atoms. The Labute approximate surface area is 95.8 Å². The molecule has 1 atom stereocenters. The molecule has 1 amide bonds. The third-order valence-corrected chi connectivity index (χ3v) is 2.48. The van der Waals surface area contributed by atoms with E-state index in [-0.39, 0.29) is 0 Å². The predicted molar refractivity (Wildman–Crippen MR) is 62.9 cm³/mol. The van der Waals surface area contributed by atoms with Gasteiger partial charge in [-0.2, -0.15) is 0 Å². The molecule has 0 aliphatic carbocycles. The van der Waals surface area contributed by atoms with Crippen LogP contribution in [0.3, 0.4) is 0 Å². The third kappa shape index (κ3) is 3.64. The van der Waals surface area contributed by atoms with Crippen molar-refractivity contribution in [2.45, 2.75) is 19.5 Å². The monoisotopic (exact) mass is 222 g/mol. The Hall–Kier alpha value is -1.39. The van der Waals surface area contributed by atoms with Crippen LogP contribution in [0.15, 0.2) is 24.3 Å². The highest BCUT2D eigenvalue weighted by molar-refractivity contribution is 5.79. The Balaban J connectivity index is 2.55. The van der Waals surface area contributed by atoms with Gasteiger partial charge in [-0.3, -0.25) is 10.1 Å². The van der Waals surface area contributed by atoms with Crippen LogP contribution in [0.25, 0.3) is 0 Å². The molecule has 88 valence electrons. The van der Waals surface area contributed by atoms with Crippen LogP contribution in [0.1, 0.15) is 11.1 Å². The van der Waals surface area contributed by atoms with Crippen molar-refractivity contribution >= 4 is 5.91 Å². The minimum Gasteiger partial charge on any atom is -0.383 e. The SMILES string of the molecule is COCC(NCc1ccccc1C)C(N)=O. The number of nitrogens with one attached hydrogen (secondary N) is 1. The summed E-state index contributed by atoms with van der Waals surface area (Å²) in [4.78, 5) is 11.1. The molecule has 0 aliphatic heterocycles. The van der Waals surface area contributed by atoms with Crippen molar-refractivity contribution in [2.24, 2.45) is 5.73 Å². The molecule has 3 N–H and O–H groups in total. The van der Waals surface area contributed by atoms with Crippen molar-refractivity contribution in [3.63, 3.8) is 0 Å². The standard InChI is InChI=1S/C12H18N2O2/c1-9-5-3-4-6-10(9)7-14-11(8-16-2)12(13)15/h3-6,11,14H,7-8H2,1-2H3,(H2,13,15). The van der Waals surface area contributed by atoms with Gasteiger partial charge in [0, 0.05) is 13.7 Å². The summed E-state index contributed by atoms with van der Waals surface area (Å²) in [5.74, 6) is -0.393. The molecule has 16 heavy (non-hydrogen) atoms. The third-order valence-electron chi connectivity index (χ3n) is 2.48. The first kappa shape index (κ1) is 12.7. The summed E-state index contributed by atoms with van der Waals surface area (Å²) in [6, 6.07) is 7.57. The lowest BCUT2D eigenvalue weighted by Crippen LogP contribution is -2.44. The van der Waals surface area contributed by atoms with E-state index in [9.17, 15) is 4.79 Å². The number of primary amides is 1. The molecule has 0 fully saturated rings. The highest BCUT2D eigenvalue weighted by Gasteiger charge is 2.14. The number of methoxy groups -OCH3 is 1. The van der Waals surface area contributed by atoms with Crippen LogP contribution in [0, 0.1) is 6.92 Å². The van der Waals surface area contributed by atoms with Crippen molar-refractivity contribution in [3.8, 4) is 0 Å². The molecule has 1 rings (SSSR count). The van der Waals surface area contributed by atoms with Gasteiger partial charge < -0.3 is 10.5 Å². The van der Waals surface area contributed by atoms with Gasteiger partial charge in [0.25, 0.3) is 0 Å². The number of carbonyl (C=O) groups excluding carboxylic acids is 1. The number of ether oxygens (including phenoxy) is 1. The average molecular weight is 222 g/mol. The molecule has 0 radical (unpaired) electrons. The van der Waals surface area contributed by atoms with E-state index in [0.717, 1.165) is 5.56 Å². The highest BCUT2D eigenvalue weighted by atomic mass is 16.5. The fourth-order valence-corrected chi connectivity index (χ4v) is 1.45. The van der Waals surface area contributed by atoms with Crippen LogP contribution in [-0.2, 0) is 16.1 Å². The second-order valence-electron chi connectivity index (χ2n) is 3.72. The van der Waals surface area contributed by atoms with Crippen molar-refractivity contribution in [1.82, 2.24) is 5.32 Å². The topological polar surface area (TPSA) is 64.3 Å². The summed E-state index contributed by atoms with van der Waals surface area (Å²) in [5.41, 5.74) is 7.59. The zero-order valence-electron chi connectivity index (χ0n) is 9.69. The van der Waals surface area contributed by atoms with Gasteiger partial charge in [0.15, 0.2) is 0 Å². The minimum absolute atomic E-state index is 0.293. The molecular formula is C12H18N2O2. The Morgan fingerprint density at radius 1 is 1.50 bits per heavy atom. The number of hydrogen-bond donors (Lipinski definition) is 2. The molecule has 1 unspecified atom stereocenters. The van der Waals surface area contributed by atoms with Gasteiger partial charge >= 0.3 is 0 Å². The van der Waals surface area contributed by atoms with Crippen molar-refractivity contribution in [2.75, 3.05) is 13.7 Å². The van der Waals surface area contributed by atoms with Gasteiger partial charge in [-0.15, -0.1) is 0 Å². The Morgan fingerprint density at radius 2 is 2.19 bits per heavy atom. The van der Waals surface area contributed by atoms with Crippen molar-refractivity contribution in [3.05, 3.63) is 35.4 Å². The Kier molecular flexibility index (Phi) is 4.95. The molecule has 1 aromatic rings. The first-order chi connectivity index (χ1) is 7.65. The van der Waals surface area contributed by atoms with E-state index in [4.69, 9.17) is 10.5 Å². The van der Waals surface area contributed by atoms with E-state index < -0.39 is 11.9 Å². The summed E-state index contributed by atoms with van der Waals surface area (Å²) < 4.78 is 4.92. The van der Waals surface area contributed by atoms with Gasteiger partial charge in [0.05, 0.1) is 6.61 Å². The molecule has 0 heterocycles. The second-order valence-corrected chi connectivity index (χ2v) is 3.72. The van der Waals surface area contributed by atoms with Gasteiger partial charge in [0.2, 0.25) is 5.91 Å². The Morgan fingerprint density at radius 3 is 2.75 bits per heavy atom. The molecule has 1 aromatic carbocycles. The average Bonchev–Trinajstić information content (AvgIpc) is 2.26. The van der Waals surface area contributed by atoms with E-state index in [0.29, 0.717) is 13.2 Å². The summed E-state index contributed by atoms with van der Waals surface area (Å²) in [5, 5.41) is 3.08. The molecule has 0 saturated carbocycles. The summed E-state index contributed by atoms with van der Waals surface area (Å²) >= 11 is 0. The zero-order chi connectivity index (χ0) is 12.0. The quantitative estimate of drug-likeness (QED) is 0.740. The smallest absolute Gasteiger partial charge is 0.236 e. The van der Waals surface area contributed by atoms with Crippen molar-refractivity contribution < 1.29 is 9.53 Å². The first-order valence-electron chi connectivity index (χ1n) is 5.21. The summed E-state index contributed by atoms with van der Waals surface area (Å²) in [6.45, 7) is 2.94. The molecule has 0 saturated heterocycles. The largest absolute Gasteiger partial charge is 0.383 e. The van der Waals surface area contributed by atoms with Crippen LogP contribution in [-0.4, -0.2) is 25.7 Å². The maximum atomic E-state index is 11.1. The number of hydrogen-bond acceptors (Lipinski definition) is 3. The van der Waals surface area contributed by atoms with Crippen molar-refractivity contribution in [1.29, 1.82) is 0 Å². The van der Waals surface area contributed by atoms with Crippen LogP contribution in [0.2, 0.25) is 0 Å². The predicted octanol–water partition coefficient (Wildman–Crippen LogP) is 0.585. The van der Waals surface area contributed by atoms with Crippen LogP contribution >= 0.6 is 0 Å². The second kappa shape index (κ2) is 6.25. The van der Waals surface area contributed by atoms with Crippen LogP contribution in [0.4, 0.5) is 0 Å². The number of amides is 1. The molecular weight excluding hydrogens is 204 g/mol. The van der Waals surface area contributed by atoms with Gasteiger partial charge in [-0.05, 0) is 18.1 Å². The van der Waals surface area contributed by atoms with E-state index >= 15 is 0 Å². The molecule has 4 nitrogen and oxygen atoms in total. The number of benzene rings is 1. The van der Waals surface area contributed by atoms with Gasteiger partial charge in [-0.1, -0.05) is 24.3 Å². The number of aryl methyl sites for hydroxylation is 1. The fourth-order valence-electron chi connectivity index (χ4n) is 1.45. The maximum Gasteiger partial charge on any atom is 0.236 e. The van der Waals surface area contributed by atoms with Crippen LogP contribution < -0.4 is 11.1 Å². The lowest BCUT2D eigenvalue weighted by Gasteiger charge is -2.15. The fraction of sp³-hybridized carbons (Fsp3) is 0.417. The minimum atomic E-state index is -0.440. The number of rotatable bonds is 6. The van der Waals surface area contributed by atoms with E-state index in [1.54, 1.807) is 7.11 Å². The summed E-state index contributed by atoms with van der Waals surface area (Å²) in [7, 11) is 1.55. The van der Waals surface area contributed by atoms with Crippen LogP contribution in [0.5, 0.6) is 0 Å². The highest BCUT2D eigenvalue weighted by Crippen LogP contribution is 2.06. The molecule has 0 aliphatic rings. The lowest BCUT2D eigenvalue weighted by molar-refractivity contribution is -0.121. The summed E-state index contributed by atoms with van der Waals surface area (Å²) in [6.07, 6.45) is 0. The van der Waals surface area contributed by atoms with Gasteiger partial charge in [-0.25, -0.2) is 0 Å². The van der Waals surface area contributed by atoms with E-state index in [1.807, 2.05) is 31.2 Å². The number of nitrogens with two attached hydrogens (primary N) is 1. The molecule has 4 heteroatoms. The lowest BCUT2D eigenvalue weighted by atomic mass is 10.1. The molecule has 0 aromatic heterocycles. The van der Waals surface area contributed by atoms with E-state index in [2.05, 4.69) is 5.32 Å². The normalized spacial score (nSPS) is 12.4. The van der Waals surface area contributed by atoms with E-state index in [1.165, 1.54) is 5.56 Å². The first-order valence-corrected chi connectivity index (χ1v) is 5.21. The maximum absolute atomic E-state index is 11.1. The number of carbonyl (C=O) groups is 1. The molecule has 0 bridgehead atoms. The zero-order valence-corrected chi connectivity index (χ0v) is 9.69.